The van der Waals surface area contributed by atoms with E-state index in [9.17, 15) is 4.79 Å². The van der Waals surface area contributed by atoms with Crippen LogP contribution >= 0.6 is 0 Å². The molecule has 0 aliphatic rings. The summed E-state index contributed by atoms with van der Waals surface area (Å²) in [5.41, 5.74) is 0.982. The zero-order valence-electron chi connectivity index (χ0n) is 14.6. The second-order valence-corrected chi connectivity index (χ2v) is 12.3. The molecule has 0 amide bonds. The number of fused-ring (bicyclic) bond motifs is 1. The first-order valence-corrected chi connectivity index (χ1v) is 10.9. The van der Waals surface area contributed by atoms with Crippen LogP contribution in [0.4, 0.5) is 0 Å². The van der Waals surface area contributed by atoms with Crippen molar-refractivity contribution in [1.82, 2.24) is 0 Å². The van der Waals surface area contributed by atoms with Gasteiger partial charge in [0.15, 0.2) is 0 Å². The first-order chi connectivity index (χ1) is 10.6. The van der Waals surface area contributed by atoms with Gasteiger partial charge in [-0.1, -0.05) is 57.2 Å². The highest BCUT2D eigenvalue weighted by atomic mass is 28.4. The van der Waals surface area contributed by atoms with Gasteiger partial charge in [0.2, 0.25) is 0 Å². The van der Waals surface area contributed by atoms with Gasteiger partial charge in [-0.15, -0.1) is 0 Å². The number of carboxylic acids is 1. The van der Waals surface area contributed by atoms with Crippen molar-refractivity contribution in [2.45, 2.75) is 51.7 Å². The maximum atomic E-state index is 11.0. The number of carboxylic acid groups (broad SMARTS) is 1. The normalized spacial score (nSPS) is 12.4. The van der Waals surface area contributed by atoms with Gasteiger partial charge in [0.05, 0.1) is 0 Å². The summed E-state index contributed by atoms with van der Waals surface area (Å²) in [6.45, 7) is 11.1. The highest BCUT2D eigenvalue weighted by Gasteiger charge is 2.39. The van der Waals surface area contributed by atoms with Crippen LogP contribution in [0.2, 0.25) is 18.1 Å². The van der Waals surface area contributed by atoms with Gasteiger partial charge >= 0.3 is 5.97 Å². The molecule has 0 atom stereocenters. The molecule has 0 aromatic heterocycles. The lowest BCUT2D eigenvalue weighted by Gasteiger charge is -2.37. The van der Waals surface area contributed by atoms with Gasteiger partial charge in [0.25, 0.3) is 8.32 Å². The lowest BCUT2D eigenvalue weighted by Crippen LogP contribution is -2.44. The molecule has 0 aliphatic carbocycles. The minimum atomic E-state index is -2.00. The van der Waals surface area contributed by atoms with Gasteiger partial charge in [-0.3, -0.25) is 4.79 Å². The molecule has 0 bridgehead atoms. The number of rotatable bonds is 5. The van der Waals surface area contributed by atoms with Crippen LogP contribution in [-0.2, 0) is 11.2 Å². The minimum absolute atomic E-state index is 0.0913. The number of carbonyl (C=O) groups is 1. The van der Waals surface area contributed by atoms with E-state index in [4.69, 9.17) is 9.53 Å². The zero-order valence-corrected chi connectivity index (χ0v) is 15.6. The van der Waals surface area contributed by atoms with Crippen molar-refractivity contribution in [1.29, 1.82) is 0 Å². The van der Waals surface area contributed by atoms with Crippen molar-refractivity contribution < 1.29 is 14.3 Å². The van der Waals surface area contributed by atoms with Crippen molar-refractivity contribution in [3.8, 4) is 5.75 Å². The van der Waals surface area contributed by atoms with Gasteiger partial charge in [0.1, 0.15) is 5.75 Å². The summed E-state index contributed by atoms with van der Waals surface area (Å²) in [6.07, 6.45) is 0.607. The highest BCUT2D eigenvalue weighted by Crippen LogP contribution is 2.40. The Morgan fingerprint density at radius 3 is 2.39 bits per heavy atom. The van der Waals surface area contributed by atoms with Crippen LogP contribution in [0.15, 0.2) is 36.4 Å². The molecule has 2 aromatic rings. The van der Waals surface area contributed by atoms with Gasteiger partial charge in [-0.2, -0.15) is 0 Å². The minimum Gasteiger partial charge on any atom is -0.543 e. The Morgan fingerprint density at radius 2 is 1.78 bits per heavy atom. The maximum Gasteiger partial charge on any atom is 0.303 e. The molecular weight excluding hydrogens is 304 g/mol. The molecule has 23 heavy (non-hydrogen) atoms. The van der Waals surface area contributed by atoms with Gasteiger partial charge in [-0.25, -0.2) is 0 Å². The van der Waals surface area contributed by atoms with Crippen LogP contribution < -0.4 is 4.43 Å². The Kier molecular flexibility index (Phi) is 4.85. The molecule has 124 valence electrons. The van der Waals surface area contributed by atoms with Gasteiger partial charge < -0.3 is 9.53 Å². The number of benzene rings is 2. The van der Waals surface area contributed by atoms with Crippen LogP contribution in [0.3, 0.4) is 0 Å². The van der Waals surface area contributed by atoms with Gasteiger partial charge in [0, 0.05) is 11.8 Å². The molecule has 0 spiro atoms. The second-order valence-electron chi connectivity index (χ2n) is 7.53. The van der Waals surface area contributed by atoms with Crippen molar-refractivity contribution in [2.75, 3.05) is 0 Å². The predicted octanol–water partition coefficient (Wildman–Crippen LogP) is 5.24. The molecule has 0 unspecified atom stereocenters. The fraction of sp³-hybridized carbons (Fsp3) is 0.421. The van der Waals surface area contributed by atoms with Crippen LogP contribution in [0.25, 0.3) is 10.8 Å². The summed E-state index contributed by atoms with van der Waals surface area (Å²) in [4.78, 5) is 11.0. The predicted molar refractivity (Wildman–Crippen MR) is 97.7 cm³/mol. The summed E-state index contributed by atoms with van der Waals surface area (Å²) in [6, 6.07) is 12.2. The summed E-state index contributed by atoms with van der Waals surface area (Å²) < 4.78 is 6.59. The van der Waals surface area contributed by atoms with Gasteiger partial charge in [-0.05, 0) is 35.5 Å². The molecule has 0 fully saturated rings. The van der Waals surface area contributed by atoms with E-state index in [1.807, 2.05) is 24.3 Å². The summed E-state index contributed by atoms with van der Waals surface area (Å²) >= 11 is 0. The lowest BCUT2D eigenvalue weighted by atomic mass is 10.0. The first-order valence-electron chi connectivity index (χ1n) is 8.03. The Hall–Kier alpha value is -1.81. The van der Waals surface area contributed by atoms with E-state index < -0.39 is 14.3 Å². The summed E-state index contributed by atoms with van der Waals surface area (Å²) in [5, 5.41) is 11.3. The topological polar surface area (TPSA) is 46.5 Å². The molecule has 2 aromatic carbocycles. The summed E-state index contributed by atoms with van der Waals surface area (Å²) in [5.74, 6) is 0.0902. The molecule has 0 saturated heterocycles. The molecule has 3 nitrogen and oxygen atoms in total. The molecular formula is C19H26O3Si. The Bertz CT molecular complexity index is 714. The zero-order chi connectivity index (χ0) is 17.3. The van der Waals surface area contributed by atoms with Crippen LogP contribution in [0.5, 0.6) is 5.75 Å². The average Bonchev–Trinajstić information content (AvgIpc) is 2.44. The van der Waals surface area contributed by atoms with Crippen molar-refractivity contribution >= 4 is 25.1 Å². The standard InChI is InChI=1S/C19H26O3Si/c1-19(2,3)23(4,5)22-18-15(12-13-17(20)21)11-10-14-8-6-7-9-16(14)18/h6-11H,12-13H2,1-5H3,(H,20,21). The maximum absolute atomic E-state index is 11.0. The number of hydrogen-bond donors (Lipinski definition) is 1. The molecule has 0 saturated carbocycles. The van der Waals surface area contributed by atoms with E-state index >= 15 is 0 Å². The van der Waals surface area contributed by atoms with E-state index in [1.165, 1.54) is 0 Å². The van der Waals surface area contributed by atoms with Crippen molar-refractivity contribution in [3.63, 3.8) is 0 Å². The third-order valence-corrected chi connectivity index (χ3v) is 9.06. The van der Waals surface area contributed by atoms with Crippen LogP contribution in [0.1, 0.15) is 32.8 Å². The Labute approximate surface area is 139 Å². The Morgan fingerprint density at radius 1 is 1.13 bits per heavy atom. The van der Waals surface area contributed by atoms with E-state index in [1.54, 1.807) is 0 Å². The van der Waals surface area contributed by atoms with Crippen LogP contribution in [-0.4, -0.2) is 19.4 Å². The monoisotopic (exact) mass is 330 g/mol. The van der Waals surface area contributed by atoms with Crippen molar-refractivity contribution in [2.24, 2.45) is 0 Å². The SMILES string of the molecule is CC(C)(C)[Si](C)(C)Oc1c(CCC(=O)O)ccc2ccccc12. The van der Waals surface area contributed by atoms with E-state index in [-0.39, 0.29) is 11.5 Å². The van der Waals surface area contributed by atoms with E-state index in [0.717, 1.165) is 22.1 Å². The fourth-order valence-electron chi connectivity index (χ4n) is 2.26. The number of aliphatic carboxylic acids is 1. The fourth-order valence-corrected chi connectivity index (χ4v) is 3.31. The number of hydrogen-bond acceptors (Lipinski definition) is 2. The van der Waals surface area contributed by atoms with Crippen LogP contribution in [0, 0.1) is 0 Å². The largest absolute Gasteiger partial charge is 0.543 e. The average molecular weight is 330 g/mol. The smallest absolute Gasteiger partial charge is 0.303 e. The second kappa shape index (κ2) is 6.36. The molecule has 0 aliphatic heterocycles. The first kappa shape index (κ1) is 17.5. The highest BCUT2D eigenvalue weighted by molar-refractivity contribution is 6.74. The number of aryl methyl sites for hydroxylation is 1. The van der Waals surface area contributed by atoms with Crippen molar-refractivity contribution in [3.05, 3.63) is 42.0 Å². The molecule has 0 radical (unpaired) electrons. The third kappa shape index (κ3) is 3.94. The molecule has 2 rings (SSSR count). The lowest BCUT2D eigenvalue weighted by molar-refractivity contribution is -0.136. The quantitative estimate of drug-likeness (QED) is 0.762. The Balaban J connectivity index is 2.52. The molecule has 4 heteroatoms. The molecule has 0 heterocycles. The van der Waals surface area contributed by atoms with E-state index in [2.05, 4.69) is 46.0 Å². The van der Waals surface area contributed by atoms with E-state index in [0.29, 0.717) is 6.42 Å². The molecule has 1 N–H and O–H groups in total. The summed E-state index contributed by atoms with van der Waals surface area (Å²) in [7, 11) is -2.00. The third-order valence-electron chi connectivity index (χ3n) is 4.73.